The minimum atomic E-state index is -1.03. The van der Waals surface area contributed by atoms with E-state index in [1.165, 1.54) is 0 Å². The molecule has 0 aliphatic rings. The van der Waals surface area contributed by atoms with Gasteiger partial charge in [0, 0.05) is 10.9 Å². The fourth-order valence-corrected chi connectivity index (χ4v) is 1.66. The zero-order valence-corrected chi connectivity index (χ0v) is 8.92. The van der Waals surface area contributed by atoms with E-state index in [0.29, 0.717) is 11.3 Å². The van der Waals surface area contributed by atoms with Crippen molar-refractivity contribution in [1.82, 2.24) is 0 Å². The predicted octanol–water partition coefficient (Wildman–Crippen LogP) is 2.12. The van der Waals surface area contributed by atoms with E-state index in [1.54, 1.807) is 24.3 Å². The molecule has 0 spiro atoms. The molecule has 2 aromatic rings. The fraction of sp³-hybridized carbons (Fsp3) is 0.0769. The van der Waals surface area contributed by atoms with Crippen LogP contribution in [0.15, 0.2) is 36.4 Å². The first-order valence-corrected chi connectivity index (χ1v) is 5.04. The third-order valence-corrected chi connectivity index (χ3v) is 2.40. The molecule has 2 rings (SSSR count). The lowest BCUT2D eigenvalue weighted by Crippen LogP contribution is -2.09. The maximum atomic E-state index is 10.9. The van der Waals surface area contributed by atoms with Crippen molar-refractivity contribution in [2.45, 2.75) is 0 Å². The van der Waals surface area contributed by atoms with Crippen molar-refractivity contribution in [2.24, 2.45) is 0 Å². The lowest BCUT2D eigenvalue weighted by Gasteiger charge is -2.08. The number of hydrogen-bond acceptors (Lipinski definition) is 3. The minimum absolute atomic E-state index is 0.398. The number of aliphatic carboxylic acids is 1. The highest BCUT2D eigenvalue weighted by Crippen LogP contribution is 2.27. The third kappa shape index (κ3) is 2.25. The molecule has 86 valence electrons. The van der Waals surface area contributed by atoms with E-state index in [0.717, 1.165) is 17.1 Å². The van der Waals surface area contributed by atoms with Crippen LogP contribution in [-0.2, 0) is 4.79 Å². The van der Waals surface area contributed by atoms with Crippen LogP contribution in [0.5, 0.6) is 5.75 Å². The average Bonchev–Trinajstić information content (AvgIpc) is 2.35. The molecule has 0 radical (unpaired) electrons. The monoisotopic (exact) mass is 230 g/mol. The summed E-state index contributed by atoms with van der Waals surface area (Å²) in [7, 11) is 0. The Kier molecular flexibility index (Phi) is 3.05. The Morgan fingerprint density at radius 1 is 1.18 bits per heavy atom. The lowest BCUT2D eigenvalue weighted by atomic mass is 10.0. The zero-order valence-electron chi connectivity index (χ0n) is 8.92. The Morgan fingerprint density at radius 2 is 1.88 bits per heavy atom. The van der Waals surface area contributed by atoms with Crippen LogP contribution in [0.3, 0.4) is 0 Å². The van der Waals surface area contributed by atoms with E-state index in [2.05, 4.69) is 0 Å². The van der Waals surface area contributed by atoms with Gasteiger partial charge in [0.1, 0.15) is 5.75 Å². The molecule has 0 unspecified atom stereocenters. The molecule has 4 heteroatoms. The maximum Gasteiger partial charge on any atom is 0.341 e. The van der Waals surface area contributed by atoms with E-state index in [1.807, 2.05) is 12.1 Å². The third-order valence-electron chi connectivity index (χ3n) is 2.40. The largest absolute Gasteiger partial charge is 0.481 e. The molecule has 0 heterocycles. The number of carboxylic acid groups (broad SMARTS) is 1. The Morgan fingerprint density at radius 3 is 2.53 bits per heavy atom. The van der Waals surface area contributed by atoms with Gasteiger partial charge >= 0.3 is 5.97 Å². The number of hydrogen-bond donors (Lipinski definition) is 1. The van der Waals surface area contributed by atoms with Gasteiger partial charge in [-0.15, -0.1) is 0 Å². The quantitative estimate of drug-likeness (QED) is 0.817. The maximum absolute atomic E-state index is 10.9. The van der Waals surface area contributed by atoms with Gasteiger partial charge in [-0.05, 0) is 17.5 Å². The van der Waals surface area contributed by atoms with Gasteiger partial charge in [0.2, 0.25) is 0 Å². The van der Waals surface area contributed by atoms with Gasteiger partial charge in [-0.3, -0.25) is 4.79 Å². The molecule has 0 bridgehead atoms. The van der Waals surface area contributed by atoms with Crippen molar-refractivity contribution in [2.75, 3.05) is 6.61 Å². The molecular weight excluding hydrogens is 220 g/mol. The fourth-order valence-electron chi connectivity index (χ4n) is 1.66. The second-order valence-corrected chi connectivity index (χ2v) is 3.50. The number of aldehydes is 1. The van der Waals surface area contributed by atoms with Gasteiger partial charge in [0.15, 0.2) is 12.9 Å². The topological polar surface area (TPSA) is 63.6 Å². The molecular formula is C13H10O4. The van der Waals surface area contributed by atoms with Crippen LogP contribution in [-0.4, -0.2) is 24.0 Å². The van der Waals surface area contributed by atoms with Gasteiger partial charge in [0.05, 0.1) is 0 Å². The highest BCUT2D eigenvalue weighted by atomic mass is 16.5. The van der Waals surface area contributed by atoms with E-state index in [4.69, 9.17) is 9.84 Å². The first kappa shape index (κ1) is 11.1. The molecule has 0 aliphatic carbocycles. The van der Waals surface area contributed by atoms with Gasteiger partial charge in [-0.1, -0.05) is 24.3 Å². The second kappa shape index (κ2) is 4.65. The normalized spacial score (nSPS) is 10.1. The standard InChI is InChI=1S/C13H10O4/c14-7-9-5-6-12(17-8-13(15)16)11-4-2-1-3-10(9)11/h1-7H,8H2,(H,15,16). The molecule has 0 saturated heterocycles. The number of ether oxygens (including phenoxy) is 1. The van der Waals surface area contributed by atoms with Crippen LogP contribution >= 0.6 is 0 Å². The van der Waals surface area contributed by atoms with Crippen molar-refractivity contribution in [1.29, 1.82) is 0 Å². The molecule has 2 aromatic carbocycles. The number of benzene rings is 2. The van der Waals surface area contributed by atoms with Crippen LogP contribution < -0.4 is 4.74 Å². The summed E-state index contributed by atoms with van der Waals surface area (Å²) < 4.78 is 5.16. The highest BCUT2D eigenvalue weighted by molar-refractivity contribution is 6.00. The molecule has 0 atom stereocenters. The summed E-state index contributed by atoms with van der Waals surface area (Å²) in [5.74, 6) is -0.567. The summed E-state index contributed by atoms with van der Waals surface area (Å²) in [6, 6.07) is 10.4. The van der Waals surface area contributed by atoms with Crippen molar-refractivity contribution < 1.29 is 19.4 Å². The molecule has 4 nitrogen and oxygen atoms in total. The zero-order chi connectivity index (χ0) is 12.3. The van der Waals surface area contributed by atoms with Crippen LogP contribution in [0.2, 0.25) is 0 Å². The average molecular weight is 230 g/mol. The van der Waals surface area contributed by atoms with Crippen molar-refractivity contribution in [3.8, 4) is 5.75 Å². The minimum Gasteiger partial charge on any atom is -0.481 e. The Bertz CT molecular complexity index is 575. The molecule has 0 aliphatic heterocycles. The first-order chi connectivity index (χ1) is 8.22. The Labute approximate surface area is 97.4 Å². The van der Waals surface area contributed by atoms with Crippen LogP contribution in [0.1, 0.15) is 10.4 Å². The Balaban J connectivity index is 2.50. The van der Waals surface area contributed by atoms with Crippen molar-refractivity contribution in [3.05, 3.63) is 42.0 Å². The van der Waals surface area contributed by atoms with Gasteiger partial charge in [-0.25, -0.2) is 4.79 Å². The number of carbonyl (C=O) groups excluding carboxylic acids is 1. The van der Waals surface area contributed by atoms with E-state index in [9.17, 15) is 9.59 Å². The molecule has 0 saturated carbocycles. The summed E-state index contributed by atoms with van der Waals surface area (Å²) in [4.78, 5) is 21.3. The molecule has 0 aromatic heterocycles. The number of fused-ring (bicyclic) bond motifs is 1. The summed E-state index contributed by atoms with van der Waals surface area (Å²) in [6.45, 7) is -0.398. The van der Waals surface area contributed by atoms with Crippen LogP contribution in [0.4, 0.5) is 0 Å². The number of rotatable bonds is 4. The lowest BCUT2D eigenvalue weighted by molar-refractivity contribution is -0.139. The van der Waals surface area contributed by atoms with Gasteiger partial charge in [0.25, 0.3) is 0 Å². The second-order valence-electron chi connectivity index (χ2n) is 3.50. The Hall–Kier alpha value is -2.36. The summed E-state index contributed by atoms with van der Waals surface area (Å²) in [5.41, 5.74) is 0.559. The summed E-state index contributed by atoms with van der Waals surface area (Å²) >= 11 is 0. The van der Waals surface area contributed by atoms with Gasteiger partial charge in [-0.2, -0.15) is 0 Å². The predicted molar refractivity (Wildman–Crippen MR) is 62.5 cm³/mol. The molecule has 0 amide bonds. The molecule has 17 heavy (non-hydrogen) atoms. The van der Waals surface area contributed by atoms with Gasteiger partial charge < -0.3 is 9.84 Å². The van der Waals surface area contributed by atoms with Crippen molar-refractivity contribution >= 4 is 23.0 Å². The summed E-state index contributed by atoms with van der Waals surface area (Å²) in [5, 5.41) is 10.1. The van der Waals surface area contributed by atoms with Crippen molar-refractivity contribution in [3.63, 3.8) is 0 Å². The SMILES string of the molecule is O=Cc1ccc(OCC(=O)O)c2ccccc12. The first-order valence-electron chi connectivity index (χ1n) is 5.04. The highest BCUT2D eigenvalue weighted by Gasteiger charge is 2.07. The number of carbonyl (C=O) groups is 2. The van der Waals surface area contributed by atoms with E-state index < -0.39 is 12.6 Å². The smallest absolute Gasteiger partial charge is 0.341 e. The summed E-state index contributed by atoms with van der Waals surface area (Å²) in [6.07, 6.45) is 0.767. The van der Waals surface area contributed by atoms with E-state index >= 15 is 0 Å². The van der Waals surface area contributed by atoms with Crippen LogP contribution in [0.25, 0.3) is 10.8 Å². The molecule has 1 N–H and O–H groups in total. The van der Waals surface area contributed by atoms with Crippen LogP contribution in [0, 0.1) is 0 Å². The number of carboxylic acids is 1. The van der Waals surface area contributed by atoms with E-state index in [-0.39, 0.29) is 0 Å². The molecule has 0 fully saturated rings.